The number of benzene rings is 2. The second-order valence-corrected chi connectivity index (χ2v) is 6.49. The third-order valence-corrected chi connectivity index (χ3v) is 4.87. The standard InChI is InChI=1S/C14H15ClN2O4S/c1-20-13-9-12(14(21-2)8-11(13)15)17(16)22(18,19)10-6-4-3-5-7-10/h3-9H,16H2,1-2H3. The van der Waals surface area contributed by atoms with Gasteiger partial charge in [-0.15, -0.1) is 0 Å². The topological polar surface area (TPSA) is 81.9 Å². The van der Waals surface area contributed by atoms with E-state index in [9.17, 15) is 8.42 Å². The van der Waals surface area contributed by atoms with Gasteiger partial charge in [-0.1, -0.05) is 29.8 Å². The minimum absolute atomic E-state index is 0.0634. The zero-order chi connectivity index (χ0) is 16.3. The van der Waals surface area contributed by atoms with E-state index in [1.54, 1.807) is 18.2 Å². The van der Waals surface area contributed by atoms with Crippen LogP contribution in [0.2, 0.25) is 5.02 Å². The first-order valence-corrected chi connectivity index (χ1v) is 8.00. The van der Waals surface area contributed by atoms with Crippen molar-refractivity contribution in [2.45, 2.75) is 4.90 Å². The molecule has 0 radical (unpaired) electrons. The second kappa shape index (κ2) is 6.43. The molecule has 0 amide bonds. The maximum atomic E-state index is 12.6. The molecule has 0 aliphatic rings. The lowest BCUT2D eigenvalue weighted by molar-refractivity contribution is 0.404. The molecule has 0 spiro atoms. The number of ether oxygens (including phenoxy) is 2. The molecule has 0 atom stereocenters. The summed E-state index contributed by atoms with van der Waals surface area (Å²) in [5, 5.41) is 0.286. The van der Waals surface area contributed by atoms with E-state index >= 15 is 0 Å². The maximum Gasteiger partial charge on any atom is 0.277 e. The lowest BCUT2D eigenvalue weighted by Crippen LogP contribution is -2.37. The van der Waals surface area contributed by atoms with Crippen molar-refractivity contribution in [3.05, 3.63) is 47.5 Å². The van der Waals surface area contributed by atoms with Gasteiger partial charge >= 0.3 is 0 Å². The molecule has 8 heteroatoms. The van der Waals surface area contributed by atoms with E-state index in [0.29, 0.717) is 4.41 Å². The van der Waals surface area contributed by atoms with Crippen molar-refractivity contribution in [2.24, 2.45) is 5.84 Å². The largest absolute Gasteiger partial charge is 0.495 e. The third kappa shape index (κ3) is 2.96. The predicted octanol–water partition coefficient (Wildman–Crippen LogP) is 2.43. The molecule has 0 heterocycles. The van der Waals surface area contributed by atoms with Gasteiger partial charge in [0.05, 0.1) is 24.1 Å². The van der Waals surface area contributed by atoms with Gasteiger partial charge in [0.2, 0.25) is 0 Å². The van der Waals surface area contributed by atoms with Crippen molar-refractivity contribution in [3.63, 3.8) is 0 Å². The summed E-state index contributed by atoms with van der Waals surface area (Å²) in [4.78, 5) is 0.0634. The molecule has 0 fully saturated rings. The molecule has 0 unspecified atom stereocenters. The summed E-state index contributed by atoms with van der Waals surface area (Å²) in [5.41, 5.74) is 0.118. The molecule has 0 aliphatic heterocycles. The monoisotopic (exact) mass is 342 g/mol. The summed E-state index contributed by atoms with van der Waals surface area (Å²) in [6.07, 6.45) is 0. The molecular weight excluding hydrogens is 328 g/mol. The number of methoxy groups -OCH3 is 2. The minimum Gasteiger partial charge on any atom is -0.495 e. The molecule has 2 aromatic carbocycles. The van der Waals surface area contributed by atoms with E-state index < -0.39 is 10.0 Å². The number of anilines is 1. The molecule has 2 N–H and O–H groups in total. The molecule has 2 aromatic rings. The molecule has 2 rings (SSSR count). The third-order valence-electron chi connectivity index (χ3n) is 2.99. The lowest BCUT2D eigenvalue weighted by atomic mass is 10.3. The van der Waals surface area contributed by atoms with E-state index in [1.165, 1.54) is 38.5 Å². The van der Waals surface area contributed by atoms with Gasteiger partial charge in [-0.3, -0.25) is 0 Å². The fourth-order valence-electron chi connectivity index (χ4n) is 1.85. The Kier molecular flexibility index (Phi) is 4.80. The van der Waals surface area contributed by atoms with E-state index in [0.717, 1.165) is 0 Å². The van der Waals surface area contributed by atoms with Crippen LogP contribution >= 0.6 is 11.6 Å². The van der Waals surface area contributed by atoms with Gasteiger partial charge in [-0.25, -0.2) is 5.84 Å². The van der Waals surface area contributed by atoms with Crippen molar-refractivity contribution >= 4 is 27.3 Å². The minimum atomic E-state index is -3.93. The van der Waals surface area contributed by atoms with Crippen LogP contribution in [0, 0.1) is 0 Å². The molecule has 6 nitrogen and oxygen atoms in total. The molecular formula is C14H15ClN2O4S. The molecule has 0 saturated carbocycles. The fourth-order valence-corrected chi connectivity index (χ4v) is 3.21. The van der Waals surface area contributed by atoms with E-state index in [-0.39, 0.29) is 27.1 Å². The number of halogens is 1. The highest BCUT2D eigenvalue weighted by molar-refractivity contribution is 7.92. The van der Waals surface area contributed by atoms with E-state index in [1.807, 2.05) is 0 Å². The molecule has 0 aliphatic carbocycles. The Morgan fingerprint density at radius 2 is 1.64 bits per heavy atom. The lowest BCUT2D eigenvalue weighted by Gasteiger charge is -2.22. The van der Waals surface area contributed by atoms with E-state index in [4.69, 9.17) is 26.9 Å². The highest BCUT2D eigenvalue weighted by atomic mass is 35.5. The van der Waals surface area contributed by atoms with Crippen LogP contribution in [0.4, 0.5) is 5.69 Å². The number of rotatable bonds is 5. The average molecular weight is 343 g/mol. The van der Waals surface area contributed by atoms with Crippen LogP contribution in [-0.2, 0) is 10.0 Å². The predicted molar refractivity (Wildman–Crippen MR) is 84.9 cm³/mol. The van der Waals surface area contributed by atoms with Gasteiger partial charge in [0.25, 0.3) is 10.0 Å². The highest BCUT2D eigenvalue weighted by Crippen LogP contribution is 2.38. The Labute approximate surface area is 134 Å². The van der Waals surface area contributed by atoms with Gasteiger partial charge in [-0.2, -0.15) is 12.8 Å². The van der Waals surface area contributed by atoms with Crippen LogP contribution in [0.1, 0.15) is 0 Å². The van der Waals surface area contributed by atoms with Crippen LogP contribution in [0.25, 0.3) is 0 Å². The first kappa shape index (κ1) is 16.4. The number of sulfonamides is 1. The summed E-state index contributed by atoms with van der Waals surface area (Å²) >= 11 is 6.00. The normalized spacial score (nSPS) is 11.1. The summed E-state index contributed by atoms with van der Waals surface area (Å²) < 4.78 is 36.0. The van der Waals surface area contributed by atoms with Crippen LogP contribution < -0.4 is 19.7 Å². The highest BCUT2D eigenvalue weighted by Gasteiger charge is 2.25. The van der Waals surface area contributed by atoms with Gasteiger partial charge in [0.1, 0.15) is 17.2 Å². The van der Waals surface area contributed by atoms with Crippen LogP contribution in [0.5, 0.6) is 11.5 Å². The van der Waals surface area contributed by atoms with Gasteiger partial charge in [0, 0.05) is 12.1 Å². The summed E-state index contributed by atoms with van der Waals surface area (Å²) in [7, 11) is -1.12. The Balaban J connectivity index is 2.56. The van der Waals surface area contributed by atoms with Gasteiger partial charge < -0.3 is 9.47 Å². The van der Waals surface area contributed by atoms with Crippen molar-refractivity contribution in [1.82, 2.24) is 0 Å². The summed E-state index contributed by atoms with van der Waals surface area (Å²) in [6, 6.07) is 10.7. The molecule has 22 heavy (non-hydrogen) atoms. The van der Waals surface area contributed by atoms with Crippen molar-refractivity contribution in [1.29, 1.82) is 0 Å². The molecule has 0 saturated heterocycles. The first-order valence-electron chi connectivity index (χ1n) is 6.18. The second-order valence-electron chi connectivity index (χ2n) is 4.27. The zero-order valence-corrected chi connectivity index (χ0v) is 13.6. The summed E-state index contributed by atoms with van der Waals surface area (Å²) in [6.45, 7) is 0. The van der Waals surface area contributed by atoms with Crippen molar-refractivity contribution < 1.29 is 17.9 Å². The molecule has 0 aromatic heterocycles. The van der Waals surface area contributed by atoms with Crippen LogP contribution in [0.15, 0.2) is 47.4 Å². The number of nitrogens with two attached hydrogens (primary N) is 1. The van der Waals surface area contributed by atoms with Crippen molar-refractivity contribution in [3.8, 4) is 11.5 Å². The summed E-state index contributed by atoms with van der Waals surface area (Å²) in [5.74, 6) is 6.33. The van der Waals surface area contributed by atoms with E-state index in [2.05, 4.69) is 0 Å². The SMILES string of the molecule is COc1cc(N(N)S(=O)(=O)c2ccccc2)c(OC)cc1Cl. The average Bonchev–Trinajstić information content (AvgIpc) is 2.54. The van der Waals surface area contributed by atoms with Gasteiger partial charge in [-0.05, 0) is 12.1 Å². The smallest absolute Gasteiger partial charge is 0.277 e. The fraction of sp³-hybridized carbons (Fsp3) is 0.143. The Morgan fingerprint density at radius 3 is 2.18 bits per heavy atom. The Bertz CT molecular complexity index is 766. The molecule has 118 valence electrons. The Morgan fingerprint density at radius 1 is 1.05 bits per heavy atom. The number of hydrogen-bond acceptors (Lipinski definition) is 5. The first-order chi connectivity index (χ1) is 10.4. The maximum absolute atomic E-state index is 12.6. The Hall–Kier alpha value is -1.96. The molecule has 0 bridgehead atoms. The van der Waals surface area contributed by atoms with Gasteiger partial charge in [0.15, 0.2) is 0 Å². The van der Waals surface area contributed by atoms with Crippen LogP contribution in [0.3, 0.4) is 0 Å². The number of hydrogen-bond donors (Lipinski definition) is 1. The number of nitrogens with zero attached hydrogens (tertiary/aromatic N) is 1. The van der Waals surface area contributed by atoms with Crippen LogP contribution in [-0.4, -0.2) is 22.6 Å². The van der Waals surface area contributed by atoms with Crippen molar-refractivity contribution in [2.75, 3.05) is 18.6 Å². The zero-order valence-electron chi connectivity index (χ0n) is 12.0. The number of hydrazine groups is 1. The quantitative estimate of drug-likeness (QED) is 0.666.